The van der Waals surface area contributed by atoms with Crippen LogP contribution in [-0.2, 0) is 9.59 Å². The van der Waals surface area contributed by atoms with Gasteiger partial charge in [0.1, 0.15) is 0 Å². The molecule has 0 aliphatic heterocycles. The second kappa shape index (κ2) is 34.8. The Bertz CT molecular complexity index is 602. The van der Waals surface area contributed by atoms with E-state index in [9.17, 15) is 9.59 Å². The second-order valence-electron chi connectivity index (χ2n) is 14.9. The van der Waals surface area contributed by atoms with Gasteiger partial charge in [-0.2, -0.15) is 0 Å². The van der Waals surface area contributed by atoms with Crippen LogP contribution in [0.1, 0.15) is 221 Å². The maximum Gasteiger partial charge on any atom is 0.303 e. The Kier molecular flexibility index (Phi) is 35.6. The summed E-state index contributed by atoms with van der Waals surface area (Å²) in [7, 11) is 0. The van der Waals surface area contributed by atoms with E-state index < -0.39 is 11.9 Å². The molecular weight excluding hydrogens is 544 g/mol. The van der Waals surface area contributed by atoms with Crippen LogP contribution in [0, 0.1) is 23.7 Å². The summed E-state index contributed by atoms with van der Waals surface area (Å²) >= 11 is 0. The summed E-state index contributed by atoms with van der Waals surface area (Å²) in [6.45, 7) is 13.7. The molecule has 0 radical (unpaired) electrons. The summed E-state index contributed by atoms with van der Waals surface area (Å²) in [4.78, 5) is 21.0. The Morgan fingerprint density at radius 2 is 0.727 bits per heavy atom. The highest BCUT2D eigenvalue weighted by atomic mass is 16.4. The highest BCUT2D eigenvalue weighted by molar-refractivity contribution is 5.67. The topological polar surface area (TPSA) is 74.6 Å². The zero-order valence-corrected chi connectivity index (χ0v) is 30.8. The fourth-order valence-electron chi connectivity index (χ4n) is 6.19. The molecule has 0 aromatic carbocycles. The van der Waals surface area contributed by atoms with Gasteiger partial charge in [-0.05, 0) is 30.1 Å². The average molecular weight is 625 g/mol. The Hall–Kier alpha value is -1.06. The van der Waals surface area contributed by atoms with Gasteiger partial charge >= 0.3 is 11.9 Å². The first-order chi connectivity index (χ1) is 21.1. The molecule has 0 spiro atoms. The van der Waals surface area contributed by atoms with Crippen molar-refractivity contribution in [2.45, 2.75) is 221 Å². The summed E-state index contributed by atoms with van der Waals surface area (Å²) in [6.07, 6.45) is 35.2. The third-order valence-corrected chi connectivity index (χ3v) is 9.28. The van der Waals surface area contributed by atoms with Crippen molar-refractivity contribution < 1.29 is 19.8 Å². The third-order valence-electron chi connectivity index (χ3n) is 9.28. The highest BCUT2D eigenvalue weighted by Gasteiger charge is 2.10. The minimum atomic E-state index is -0.660. The maximum atomic E-state index is 10.6. The molecular formula is C40H80O4. The quantitative estimate of drug-likeness (QED) is 0.0730. The number of aliphatic carboxylic acids is 2. The number of hydrogen-bond donors (Lipinski definition) is 2. The first-order valence-electron chi connectivity index (χ1n) is 19.5. The fourth-order valence-corrected chi connectivity index (χ4v) is 6.19. The number of unbranched alkanes of at least 4 members (excludes halogenated alkanes) is 16. The number of carbonyl (C=O) groups is 2. The molecule has 2 N–H and O–H groups in total. The van der Waals surface area contributed by atoms with E-state index in [1.54, 1.807) is 0 Å². The lowest BCUT2D eigenvalue weighted by Crippen LogP contribution is -2.05. The second-order valence-corrected chi connectivity index (χ2v) is 14.9. The molecule has 0 saturated heterocycles. The summed E-state index contributed by atoms with van der Waals surface area (Å²) in [5.41, 5.74) is 0. The molecule has 0 aromatic rings. The van der Waals surface area contributed by atoms with Crippen LogP contribution in [0.4, 0.5) is 0 Å². The van der Waals surface area contributed by atoms with Crippen molar-refractivity contribution in [2.24, 2.45) is 23.7 Å². The van der Waals surface area contributed by atoms with Gasteiger partial charge in [-0.3, -0.25) is 9.59 Å². The Morgan fingerprint density at radius 1 is 0.409 bits per heavy atom. The van der Waals surface area contributed by atoms with Crippen molar-refractivity contribution in [3.05, 3.63) is 0 Å². The minimum Gasteiger partial charge on any atom is -0.481 e. The Balaban J connectivity index is 0. The monoisotopic (exact) mass is 625 g/mol. The van der Waals surface area contributed by atoms with Crippen LogP contribution in [-0.4, -0.2) is 22.2 Å². The van der Waals surface area contributed by atoms with Crippen LogP contribution in [0.15, 0.2) is 0 Å². The molecule has 0 rings (SSSR count). The smallest absolute Gasteiger partial charge is 0.303 e. The molecule has 0 amide bonds. The minimum absolute atomic E-state index is 0.322. The van der Waals surface area contributed by atoms with E-state index >= 15 is 0 Å². The molecule has 4 heteroatoms. The van der Waals surface area contributed by atoms with E-state index in [0.717, 1.165) is 37.0 Å². The lowest BCUT2D eigenvalue weighted by atomic mass is 9.91. The van der Waals surface area contributed by atoms with Crippen molar-refractivity contribution in [1.82, 2.24) is 0 Å². The number of carboxylic acid groups (broad SMARTS) is 2. The standard InChI is InChI=1S/2C20H40O2/c1-16(2)9-6-10-17(3)11-7-12-18(4)13-8-14-19(5)15-20(21)22;1-2-3-4-5-6-7-8-9-10-11-12-13-14-15-16-17-18-19-20(21)22/h16-19H,6-15H2,1-5H3,(H,21,22);2-19H2,1H3,(H,21,22). The average Bonchev–Trinajstić information content (AvgIpc) is 2.94. The molecule has 44 heavy (non-hydrogen) atoms. The lowest BCUT2D eigenvalue weighted by molar-refractivity contribution is -0.138. The number of carboxylic acids is 2. The molecule has 0 aromatic heterocycles. The van der Waals surface area contributed by atoms with Gasteiger partial charge in [-0.1, -0.05) is 202 Å². The molecule has 264 valence electrons. The third kappa shape index (κ3) is 40.9. The van der Waals surface area contributed by atoms with E-state index in [1.165, 1.54) is 148 Å². The van der Waals surface area contributed by atoms with Gasteiger partial charge < -0.3 is 10.2 Å². The summed E-state index contributed by atoms with van der Waals surface area (Å²) in [6, 6.07) is 0. The van der Waals surface area contributed by atoms with Crippen LogP contribution in [0.3, 0.4) is 0 Å². The van der Waals surface area contributed by atoms with Crippen LogP contribution < -0.4 is 0 Å². The first-order valence-corrected chi connectivity index (χ1v) is 19.5. The van der Waals surface area contributed by atoms with Crippen molar-refractivity contribution in [2.75, 3.05) is 0 Å². The van der Waals surface area contributed by atoms with Crippen molar-refractivity contribution in [1.29, 1.82) is 0 Å². The van der Waals surface area contributed by atoms with Gasteiger partial charge in [-0.25, -0.2) is 0 Å². The molecule has 0 saturated carbocycles. The Labute approximate surface area is 276 Å². The van der Waals surface area contributed by atoms with E-state index in [-0.39, 0.29) is 0 Å². The van der Waals surface area contributed by atoms with Gasteiger partial charge in [0.2, 0.25) is 0 Å². The summed E-state index contributed by atoms with van der Waals surface area (Å²) in [5.74, 6) is 1.52. The van der Waals surface area contributed by atoms with Gasteiger partial charge in [0.25, 0.3) is 0 Å². The molecule has 0 aliphatic carbocycles. The molecule has 3 atom stereocenters. The fraction of sp³-hybridized carbons (Fsp3) is 0.950. The van der Waals surface area contributed by atoms with Crippen LogP contribution in [0.5, 0.6) is 0 Å². The zero-order chi connectivity index (χ0) is 33.3. The largest absolute Gasteiger partial charge is 0.481 e. The molecule has 0 heterocycles. The van der Waals surface area contributed by atoms with Crippen molar-refractivity contribution in [3.8, 4) is 0 Å². The predicted molar refractivity (Wildman–Crippen MR) is 193 cm³/mol. The number of hydrogen-bond acceptors (Lipinski definition) is 2. The van der Waals surface area contributed by atoms with Gasteiger partial charge in [0.05, 0.1) is 0 Å². The van der Waals surface area contributed by atoms with E-state index in [1.807, 2.05) is 0 Å². The first kappa shape index (κ1) is 45.1. The highest BCUT2D eigenvalue weighted by Crippen LogP contribution is 2.22. The summed E-state index contributed by atoms with van der Waals surface area (Å²) in [5, 5.41) is 17.3. The van der Waals surface area contributed by atoms with Crippen LogP contribution in [0.25, 0.3) is 0 Å². The van der Waals surface area contributed by atoms with E-state index in [0.29, 0.717) is 18.8 Å². The van der Waals surface area contributed by atoms with Gasteiger partial charge in [-0.15, -0.1) is 0 Å². The molecule has 0 bridgehead atoms. The van der Waals surface area contributed by atoms with Crippen LogP contribution >= 0.6 is 0 Å². The number of rotatable bonds is 32. The molecule has 0 aliphatic rings. The van der Waals surface area contributed by atoms with Crippen LogP contribution in [0.2, 0.25) is 0 Å². The molecule has 0 fully saturated rings. The SMILES string of the molecule is CC(C)CCCC(C)CCCC(C)CCCC(C)CC(=O)O.CCCCCCCCCCCCCCCCCCCC(=O)O. The zero-order valence-electron chi connectivity index (χ0n) is 30.8. The lowest BCUT2D eigenvalue weighted by Gasteiger charge is -2.15. The van der Waals surface area contributed by atoms with E-state index in [4.69, 9.17) is 10.2 Å². The maximum absolute atomic E-state index is 10.6. The van der Waals surface area contributed by atoms with Gasteiger partial charge in [0.15, 0.2) is 0 Å². The summed E-state index contributed by atoms with van der Waals surface area (Å²) < 4.78 is 0. The Morgan fingerprint density at radius 3 is 1.05 bits per heavy atom. The molecule has 3 unspecified atom stereocenters. The normalized spacial score (nSPS) is 13.3. The predicted octanol–water partition coefficient (Wildman–Crippen LogP) is 13.6. The van der Waals surface area contributed by atoms with Gasteiger partial charge in [0, 0.05) is 12.8 Å². The van der Waals surface area contributed by atoms with Crippen molar-refractivity contribution >= 4 is 11.9 Å². The molecule has 4 nitrogen and oxygen atoms in total. The van der Waals surface area contributed by atoms with Crippen molar-refractivity contribution in [3.63, 3.8) is 0 Å². The van der Waals surface area contributed by atoms with E-state index in [2.05, 4.69) is 41.5 Å².